The van der Waals surface area contributed by atoms with Crippen LogP contribution in [0, 0.1) is 6.92 Å². The number of hydrogen-bond acceptors (Lipinski definition) is 11. The molecule has 0 bridgehead atoms. The van der Waals surface area contributed by atoms with E-state index >= 15 is 0 Å². The van der Waals surface area contributed by atoms with Gasteiger partial charge in [-0.05, 0) is 128 Å². The van der Waals surface area contributed by atoms with E-state index in [-0.39, 0.29) is 19.2 Å². The van der Waals surface area contributed by atoms with E-state index in [1.807, 2.05) is 117 Å². The van der Waals surface area contributed by atoms with Crippen LogP contribution in [0.5, 0.6) is 17.2 Å². The highest BCUT2D eigenvalue weighted by molar-refractivity contribution is 6.32. The number of fused-ring (bicyclic) bond motifs is 1. The van der Waals surface area contributed by atoms with Gasteiger partial charge >= 0.3 is 11.9 Å². The summed E-state index contributed by atoms with van der Waals surface area (Å²) in [6.45, 7) is 22.3. The maximum Gasteiger partial charge on any atom is 0.326 e. The SMILES string of the molecule is CC[C@H](NCc1cc(Cl)c(OCc2cccc(-c3cccc4c3cnn4Cc3cc(OC)c(CN[C@@H](COC(C)(C)C)C(=O)OC(C)(C)C)cc3Cl)c2C)cc1OC)C(=O)OC(C)(C)C. The van der Waals surface area contributed by atoms with Crippen LogP contribution < -0.4 is 24.8 Å². The van der Waals surface area contributed by atoms with Crippen LogP contribution in [0.4, 0.5) is 0 Å². The third-order valence-corrected chi connectivity index (χ3v) is 11.1. The zero-order valence-electron chi connectivity index (χ0n) is 40.2. The summed E-state index contributed by atoms with van der Waals surface area (Å²) >= 11 is 13.7. The van der Waals surface area contributed by atoms with Crippen LogP contribution in [0.3, 0.4) is 0 Å². The first-order valence-corrected chi connectivity index (χ1v) is 22.7. The summed E-state index contributed by atoms with van der Waals surface area (Å²) in [6, 6.07) is 18.5. The molecule has 5 rings (SSSR count). The lowest BCUT2D eigenvalue weighted by Gasteiger charge is -2.27. The Kier molecular flexibility index (Phi) is 17.0. The maximum absolute atomic E-state index is 13.2. The monoisotopic (exact) mass is 932 g/mol. The fraction of sp³-hybridized carbons (Fsp3) is 0.471. The number of hydrogen-bond donors (Lipinski definition) is 2. The Balaban J connectivity index is 1.32. The minimum atomic E-state index is -0.708. The van der Waals surface area contributed by atoms with E-state index in [4.69, 9.17) is 56.7 Å². The molecule has 5 aromatic rings. The average molecular weight is 934 g/mol. The van der Waals surface area contributed by atoms with Gasteiger partial charge in [-0.25, -0.2) is 0 Å². The number of ether oxygens (including phenoxy) is 6. The van der Waals surface area contributed by atoms with E-state index in [2.05, 4.69) is 29.7 Å². The van der Waals surface area contributed by atoms with Crippen molar-refractivity contribution >= 4 is 46.0 Å². The quantitative estimate of drug-likeness (QED) is 0.0767. The van der Waals surface area contributed by atoms with Crippen molar-refractivity contribution in [1.82, 2.24) is 20.4 Å². The Morgan fingerprint density at radius 2 is 1.26 bits per heavy atom. The van der Waals surface area contributed by atoms with Crippen LogP contribution in [0.15, 0.2) is 66.9 Å². The molecular weight excluding hydrogens is 867 g/mol. The third kappa shape index (κ3) is 14.1. The van der Waals surface area contributed by atoms with E-state index in [0.29, 0.717) is 53.3 Å². The summed E-state index contributed by atoms with van der Waals surface area (Å²) in [6.07, 6.45) is 2.45. The molecule has 0 aliphatic rings. The van der Waals surface area contributed by atoms with Crippen molar-refractivity contribution in [3.63, 3.8) is 0 Å². The number of methoxy groups -OCH3 is 2. The standard InChI is InChI=1S/C51H66Cl2N4O8/c1-14-41(47(58)64-50(6,7)8)54-25-34-22-40(53)46(24-45(34)61-13)62-29-32-17-15-18-36(31(32)2)37-19-16-20-43-38(37)27-56-57(43)28-35-23-44(60-12)33(21-39(35)52)26-55-42(30-63-49(3,4)5)48(59)65-51(9,10)11/h15-24,27,41-42,54-55H,14,25-26,28-30H2,1-13H3/t41-,42-/m0/s1. The number of nitrogens with zero attached hydrogens (tertiary/aromatic N) is 2. The Morgan fingerprint density at radius 3 is 1.86 bits per heavy atom. The van der Waals surface area contributed by atoms with Crippen molar-refractivity contribution in [2.24, 2.45) is 0 Å². The minimum absolute atomic E-state index is 0.136. The van der Waals surface area contributed by atoms with Crippen LogP contribution >= 0.6 is 23.2 Å². The maximum atomic E-state index is 13.2. The van der Waals surface area contributed by atoms with Crippen LogP contribution in [0.25, 0.3) is 22.0 Å². The highest BCUT2D eigenvalue weighted by Gasteiger charge is 2.28. The molecule has 4 aromatic carbocycles. The Morgan fingerprint density at radius 1 is 0.692 bits per heavy atom. The zero-order valence-corrected chi connectivity index (χ0v) is 41.7. The first-order chi connectivity index (χ1) is 30.5. The molecule has 0 aliphatic carbocycles. The largest absolute Gasteiger partial charge is 0.496 e. The molecule has 352 valence electrons. The molecule has 0 unspecified atom stereocenters. The van der Waals surface area contributed by atoms with Gasteiger partial charge in [-0.2, -0.15) is 5.10 Å². The number of carbonyl (C=O) groups excluding carboxylic acids is 2. The lowest BCUT2D eigenvalue weighted by atomic mass is 9.94. The number of nitrogens with one attached hydrogen (secondary N) is 2. The van der Waals surface area contributed by atoms with Gasteiger partial charge in [0.1, 0.15) is 47.1 Å². The molecule has 65 heavy (non-hydrogen) atoms. The Hall–Kier alpha value is -4.85. The first kappa shape index (κ1) is 51.1. The van der Waals surface area contributed by atoms with Crippen LogP contribution in [0.2, 0.25) is 10.0 Å². The second-order valence-electron chi connectivity index (χ2n) is 19.0. The van der Waals surface area contributed by atoms with Crippen LogP contribution in [-0.4, -0.2) is 71.4 Å². The van der Waals surface area contributed by atoms with Gasteiger partial charge < -0.3 is 33.7 Å². The summed E-state index contributed by atoms with van der Waals surface area (Å²) in [5.41, 5.74) is 5.78. The van der Waals surface area contributed by atoms with Crippen molar-refractivity contribution < 1.29 is 38.0 Å². The number of benzene rings is 4. The van der Waals surface area contributed by atoms with E-state index in [0.717, 1.165) is 49.8 Å². The van der Waals surface area contributed by atoms with Gasteiger partial charge in [0.25, 0.3) is 0 Å². The molecular formula is C51H66Cl2N4O8. The molecule has 14 heteroatoms. The molecule has 1 aromatic heterocycles. The molecule has 0 radical (unpaired) electrons. The van der Waals surface area contributed by atoms with E-state index in [1.54, 1.807) is 26.4 Å². The van der Waals surface area contributed by atoms with Gasteiger partial charge in [-0.15, -0.1) is 0 Å². The summed E-state index contributed by atoms with van der Waals surface area (Å²) in [7, 11) is 3.20. The minimum Gasteiger partial charge on any atom is -0.496 e. The average Bonchev–Trinajstić information content (AvgIpc) is 3.63. The highest BCUT2D eigenvalue weighted by Crippen LogP contribution is 2.36. The number of esters is 2. The van der Waals surface area contributed by atoms with Crippen molar-refractivity contribution in [2.75, 3.05) is 20.8 Å². The number of rotatable bonds is 19. The van der Waals surface area contributed by atoms with E-state index in [1.165, 1.54) is 0 Å². The van der Waals surface area contributed by atoms with Crippen molar-refractivity contribution in [3.05, 3.63) is 105 Å². The lowest BCUT2D eigenvalue weighted by Crippen LogP contribution is -2.45. The zero-order chi connectivity index (χ0) is 47.9. The summed E-state index contributed by atoms with van der Waals surface area (Å²) in [4.78, 5) is 25.9. The topological polar surface area (TPSA) is 131 Å². The molecule has 2 atom stereocenters. The first-order valence-electron chi connectivity index (χ1n) is 21.9. The van der Waals surface area contributed by atoms with Crippen molar-refractivity contribution in [1.29, 1.82) is 0 Å². The van der Waals surface area contributed by atoms with Gasteiger partial charge in [-0.1, -0.05) is 60.5 Å². The molecule has 0 saturated carbocycles. The molecule has 1 heterocycles. The number of carbonyl (C=O) groups is 2. The van der Waals surface area contributed by atoms with Crippen molar-refractivity contribution in [3.8, 4) is 28.4 Å². The van der Waals surface area contributed by atoms with Crippen LogP contribution in [-0.2, 0) is 50.0 Å². The predicted molar refractivity (Wildman–Crippen MR) is 258 cm³/mol. The van der Waals surface area contributed by atoms with Gasteiger partial charge in [0.05, 0.1) is 49.7 Å². The van der Waals surface area contributed by atoms with Gasteiger partial charge in [0.2, 0.25) is 0 Å². The van der Waals surface area contributed by atoms with E-state index in [9.17, 15) is 9.59 Å². The summed E-state index contributed by atoms with van der Waals surface area (Å²) < 4.78 is 37.1. The molecule has 12 nitrogen and oxygen atoms in total. The van der Waals surface area contributed by atoms with E-state index < -0.39 is 34.9 Å². The summed E-state index contributed by atoms with van der Waals surface area (Å²) in [5.74, 6) is 0.988. The van der Waals surface area contributed by atoms with Crippen LogP contribution in [0.1, 0.15) is 103 Å². The smallest absolute Gasteiger partial charge is 0.326 e. The second kappa shape index (κ2) is 21.6. The molecule has 0 spiro atoms. The molecule has 0 amide bonds. The normalized spacial score (nSPS) is 13.1. The molecule has 0 saturated heterocycles. The Labute approximate surface area is 394 Å². The second-order valence-corrected chi connectivity index (χ2v) is 19.8. The molecule has 0 aliphatic heterocycles. The fourth-order valence-corrected chi connectivity index (χ4v) is 7.65. The molecule has 2 N–H and O–H groups in total. The third-order valence-electron chi connectivity index (χ3n) is 10.5. The number of aromatic nitrogens is 2. The lowest BCUT2D eigenvalue weighted by molar-refractivity contribution is -0.161. The molecule has 0 fully saturated rings. The Bertz CT molecular complexity index is 2450. The summed E-state index contributed by atoms with van der Waals surface area (Å²) in [5, 5.41) is 13.4. The van der Waals surface area contributed by atoms with Gasteiger partial charge in [0, 0.05) is 40.7 Å². The van der Waals surface area contributed by atoms with Gasteiger partial charge in [0.15, 0.2) is 0 Å². The predicted octanol–water partition coefficient (Wildman–Crippen LogP) is 10.8. The van der Waals surface area contributed by atoms with Gasteiger partial charge in [-0.3, -0.25) is 19.6 Å². The highest BCUT2D eigenvalue weighted by atomic mass is 35.5. The van der Waals surface area contributed by atoms with Crippen molar-refractivity contribution in [2.45, 2.75) is 138 Å². The fourth-order valence-electron chi connectivity index (χ4n) is 7.16. The number of halogens is 2.